The maximum Gasteiger partial charge on any atom is 0.416 e. The molecule has 1 heterocycles. The average Bonchev–Trinajstić information content (AvgIpc) is 2.37. The van der Waals surface area contributed by atoms with E-state index in [-0.39, 0.29) is 17.9 Å². The van der Waals surface area contributed by atoms with Crippen LogP contribution in [0.3, 0.4) is 0 Å². The Kier molecular flexibility index (Phi) is 4.41. The first-order chi connectivity index (χ1) is 9.75. The Bertz CT molecular complexity index is 509. The molecule has 4 nitrogen and oxygen atoms in total. The van der Waals surface area contributed by atoms with Crippen molar-refractivity contribution in [3.63, 3.8) is 0 Å². The number of nitrogens with zero attached hydrogens (tertiary/aromatic N) is 1. The number of alkyl halides is 3. The summed E-state index contributed by atoms with van der Waals surface area (Å²) < 4.78 is 43.4. The number of hydrogen-bond acceptors (Lipinski definition) is 2. The van der Waals surface area contributed by atoms with E-state index in [0.717, 1.165) is 12.1 Å². The number of urea groups is 1. The summed E-state index contributed by atoms with van der Waals surface area (Å²) in [5.41, 5.74) is -0.661. The first kappa shape index (κ1) is 15.6. The van der Waals surface area contributed by atoms with E-state index in [1.807, 2.05) is 13.8 Å². The lowest BCUT2D eigenvalue weighted by Gasteiger charge is -2.35. The van der Waals surface area contributed by atoms with Crippen LogP contribution in [0, 0.1) is 0 Å². The Labute approximate surface area is 120 Å². The van der Waals surface area contributed by atoms with E-state index in [4.69, 9.17) is 4.74 Å². The summed E-state index contributed by atoms with van der Waals surface area (Å²) in [5.74, 6) is 0. The van der Waals surface area contributed by atoms with Gasteiger partial charge in [-0.2, -0.15) is 13.2 Å². The highest BCUT2D eigenvalue weighted by Crippen LogP contribution is 2.30. The van der Waals surface area contributed by atoms with Gasteiger partial charge >= 0.3 is 12.2 Å². The van der Waals surface area contributed by atoms with Gasteiger partial charge in [-0.15, -0.1) is 0 Å². The number of rotatable bonds is 1. The Hall–Kier alpha value is -1.76. The van der Waals surface area contributed by atoms with Crippen LogP contribution in [-0.4, -0.2) is 36.2 Å². The molecule has 1 aliphatic heterocycles. The number of halogens is 3. The maximum absolute atomic E-state index is 12.6. The van der Waals surface area contributed by atoms with Crippen molar-refractivity contribution in [3.05, 3.63) is 29.8 Å². The number of nitrogens with one attached hydrogen (secondary N) is 1. The van der Waals surface area contributed by atoms with Gasteiger partial charge in [-0.05, 0) is 32.0 Å². The average molecular weight is 302 g/mol. The fraction of sp³-hybridized carbons (Fsp3) is 0.500. The van der Waals surface area contributed by atoms with Crippen LogP contribution in [0.15, 0.2) is 24.3 Å². The van der Waals surface area contributed by atoms with Crippen LogP contribution in [0.5, 0.6) is 0 Å². The van der Waals surface area contributed by atoms with Gasteiger partial charge in [-0.1, -0.05) is 6.07 Å². The van der Waals surface area contributed by atoms with Crippen molar-refractivity contribution >= 4 is 11.7 Å². The molecule has 2 atom stereocenters. The fourth-order valence-electron chi connectivity index (χ4n) is 2.32. The number of hydrogen-bond donors (Lipinski definition) is 1. The molecule has 0 saturated carbocycles. The lowest BCUT2D eigenvalue weighted by Crippen LogP contribution is -2.49. The Morgan fingerprint density at radius 2 is 1.90 bits per heavy atom. The van der Waals surface area contributed by atoms with E-state index in [9.17, 15) is 18.0 Å². The van der Waals surface area contributed by atoms with Crippen LogP contribution >= 0.6 is 0 Å². The third kappa shape index (κ3) is 4.10. The van der Waals surface area contributed by atoms with Gasteiger partial charge in [0.2, 0.25) is 0 Å². The lowest BCUT2D eigenvalue weighted by molar-refractivity contribution is -0.137. The molecule has 116 valence electrons. The lowest BCUT2D eigenvalue weighted by atomic mass is 10.2. The molecule has 0 radical (unpaired) electrons. The minimum Gasteiger partial charge on any atom is -0.372 e. The van der Waals surface area contributed by atoms with E-state index in [1.54, 1.807) is 4.90 Å². The van der Waals surface area contributed by atoms with E-state index in [2.05, 4.69) is 5.32 Å². The molecule has 0 unspecified atom stereocenters. The summed E-state index contributed by atoms with van der Waals surface area (Å²) >= 11 is 0. The second-order valence-corrected chi connectivity index (χ2v) is 5.17. The fourth-order valence-corrected chi connectivity index (χ4v) is 2.32. The normalized spacial score (nSPS) is 23.0. The van der Waals surface area contributed by atoms with E-state index < -0.39 is 17.8 Å². The molecule has 2 rings (SSSR count). The molecule has 1 aromatic carbocycles. The van der Waals surface area contributed by atoms with Gasteiger partial charge in [0.25, 0.3) is 0 Å². The van der Waals surface area contributed by atoms with Gasteiger partial charge in [0.05, 0.1) is 17.8 Å². The van der Waals surface area contributed by atoms with Crippen LogP contribution in [0.4, 0.5) is 23.7 Å². The third-order valence-corrected chi connectivity index (χ3v) is 3.15. The van der Waals surface area contributed by atoms with Crippen LogP contribution in [0.2, 0.25) is 0 Å². The van der Waals surface area contributed by atoms with E-state index in [1.165, 1.54) is 12.1 Å². The third-order valence-electron chi connectivity index (χ3n) is 3.15. The molecule has 1 aromatic rings. The summed E-state index contributed by atoms with van der Waals surface area (Å²) in [6.07, 6.45) is -4.62. The minimum absolute atomic E-state index is 0.0963. The minimum atomic E-state index is -4.43. The maximum atomic E-state index is 12.6. The largest absolute Gasteiger partial charge is 0.416 e. The zero-order chi connectivity index (χ0) is 15.6. The first-order valence-corrected chi connectivity index (χ1v) is 6.64. The van der Waals surface area contributed by atoms with Crippen LogP contribution in [0.25, 0.3) is 0 Å². The standard InChI is InChI=1S/C14H17F3N2O2/c1-9-7-19(8-10(2)21-9)13(20)18-12-5-3-4-11(6-12)14(15,16)17/h3-6,9-10H,7-8H2,1-2H3,(H,18,20)/t9-,10-/m0/s1. The number of anilines is 1. The molecule has 1 aliphatic rings. The van der Waals surface area contributed by atoms with Crippen molar-refractivity contribution in [3.8, 4) is 0 Å². The SMILES string of the molecule is C[C@H]1CN(C(=O)Nc2cccc(C(F)(F)F)c2)C[C@H](C)O1. The first-order valence-electron chi connectivity index (χ1n) is 6.64. The van der Waals surface area contributed by atoms with Crippen LogP contribution < -0.4 is 5.32 Å². The molecule has 0 aliphatic carbocycles. The van der Waals surface area contributed by atoms with Crippen LogP contribution in [-0.2, 0) is 10.9 Å². The Balaban J connectivity index is 2.06. The predicted octanol–water partition coefficient (Wildman–Crippen LogP) is 3.35. The smallest absolute Gasteiger partial charge is 0.372 e. The Morgan fingerprint density at radius 1 is 1.29 bits per heavy atom. The summed E-state index contributed by atoms with van der Waals surface area (Å²) in [6, 6.07) is 4.17. The molecule has 2 amide bonds. The second-order valence-electron chi connectivity index (χ2n) is 5.17. The highest BCUT2D eigenvalue weighted by molar-refractivity contribution is 5.89. The number of benzene rings is 1. The van der Waals surface area contributed by atoms with E-state index >= 15 is 0 Å². The number of carbonyl (C=O) groups is 1. The van der Waals surface area contributed by atoms with Gasteiger partial charge in [-0.3, -0.25) is 0 Å². The summed E-state index contributed by atoms with van der Waals surface area (Å²) in [4.78, 5) is 13.6. The molecule has 1 N–H and O–H groups in total. The molecule has 1 saturated heterocycles. The summed E-state index contributed by atoms with van der Waals surface area (Å²) in [5, 5.41) is 2.50. The summed E-state index contributed by atoms with van der Waals surface area (Å²) in [6.45, 7) is 4.52. The number of morpholine rings is 1. The van der Waals surface area contributed by atoms with Crippen molar-refractivity contribution in [2.45, 2.75) is 32.2 Å². The molecule has 21 heavy (non-hydrogen) atoms. The van der Waals surface area contributed by atoms with Crippen molar-refractivity contribution in [1.29, 1.82) is 0 Å². The molecular formula is C14H17F3N2O2. The highest BCUT2D eigenvalue weighted by atomic mass is 19.4. The van der Waals surface area contributed by atoms with E-state index in [0.29, 0.717) is 13.1 Å². The van der Waals surface area contributed by atoms with Crippen molar-refractivity contribution in [2.75, 3.05) is 18.4 Å². The highest BCUT2D eigenvalue weighted by Gasteiger charge is 2.31. The molecule has 1 fully saturated rings. The van der Waals surface area contributed by atoms with Gasteiger partial charge < -0.3 is 15.0 Å². The monoisotopic (exact) mass is 302 g/mol. The molecule has 7 heteroatoms. The molecule has 0 spiro atoms. The molecular weight excluding hydrogens is 285 g/mol. The number of ether oxygens (including phenoxy) is 1. The number of amides is 2. The zero-order valence-corrected chi connectivity index (χ0v) is 11.8. The zero-order valence-electron chi connectivity index (χ0n) is 11.8. The summed E-state index contributed by atoms with van der Waals surface area (Å²) in [7, 11) is 0. The van der Waals surface area contributed by atoms with Gasteiger partial charge in [0, 0.05) is 18.8 Å². The molecule has 0 aromatic heterocycles. The number of carbonyl (C=O) groups excluding carboxylic acids is 1. The van der Waals surface area contributed by atoms with Gasteiger partial charge in [0.1, 0.15) is 0 Å². The second kappa shape index (κ2) is 5.93. The van der Waals surface area contributed by atoms with Crippen molar-refractivity contribution in [2.24, 2.45) is 0 Å². The topological polar surface area (TPSA) is 41.6 Å². The van der Waals surface area contributed by atoms with Crippen molar-refractivity contribution in [1.82, 2.24) is 4.90 Å². The van der Waals surface area contributed by atoms with Gasteiger partial charge in [-0.25, -0.2) is 4.79 Å². The van der Waals surface area contributed by atoms with Crippen LogP contribution in [0.1, 0.15) is 19.4 Å². The predicted molar refractivity (Wildman–Crippen MR) is 72.0 cm³/mol. The quantitative estimate of drug-likeness (QED) is 0.864. The Morgan fingerprint density at radius 3 is 2.48 bits per heavy atom. The van der Waals surface area contributed by atoms with Gasteiger partial charge in [0.15, 0.2) is 0 Å². The molecule has 0 bridgehead atoms. The van der Waals surface area contributed by atoms with Crippen molar-refractivity contribution < 1.29 is 22.7 Å².